The normalized spacial score (nSPS) is 10.7. The molecule has 22 heavy (non-hydrogen) atoms. The van der Waals surface area contributed by atoms with Crippen molar-refractivity contribution in [2.45, 2.75) is 6.92 Å². The molecule has 3 heterocycles. The highest BCUT2D eigenvalue weighted by molar-refractivity contribution is 7.20. The molecule has 0 radical (unpaired) electrons. The molecule has 1 N–H and O–H groups in total. The van der Waals surface area contributed by atoms with Gasteiger partial charge in [-0.25, -0.2) is 19.7 Å². The summed E-state index contributed by atoms with van der Waals surface area (Å²) < 4.78 is 4.79. The first-order valence-corrected chi connectivity index (χ1v) is 7.50. The molecular weight excluding hydrogens is 324 g/mol. The standard InChI is InChI=1S/C14H11ClN4O2S/c1-7-10-12(19-9-4-3-8(15)5-16-9)17-6-18-13(10)22-11(7)14(20)21-2/h3-6H,1-2H3,(H,16,17,18,19). The number of carbonyl (C=O) groups is 1. The van der Waals surface area contributed by atoms with Crippen LogP contribution in [0, 0.1) is 6.92 Å². The number of esters is 1. The maximum absolute atomic E-state index is 11.8. The van der Waals surface area contributed by atoms with Crippen LogP contribution >= 0.6 is 22.9 Å². The van der Waals surface area contributed by atoms with Gasteiger partial charge in [0.1, 0.15) is 27.7 Å². The molecule has 0 spiro atoms. The smallest absolute Gasteiger partial charge is 0.348 e. The lowest BCUT2D eigenvalue weighted by Gasteiger charge is -2.06. The van der Waals surface area contributed by atoms with E-state index in [0.717, 1.165) is 10.9 Å². The number of methoxy groups -OCH3 is 1. The van der Waals surface area contributed by atoms with E-state index in [1.165, 1.54) is 24.8 Å². The van der Waals surface area contributed by atoms with Gasteiger partial charge in [-0.2, -0.15) is 0 Å². The van der Waals surface area contributed by atoms with E-state index in [-0.39, 0.29) is 5.97 Å². The molecule has 0 aliphatic heterocycles. The fourth-order valence-corrected chi connectivity index (χ4v) is 3.20. The summed E-state index contributed by atoms with van der Waals surface area (Å²) in [6.45, 7) is 1.84. The van der Waals surface area contributed by atoms with Crippen LogP contribution < -0.4 is 5.32 Å². The molecule has 0 atom stereocenters. The molecule has 0 aliphatic rings. The number of carbonyl (C=O) groups excluding carboxylic acids is 1. The Kier molecular flexibility index (Phi) is 3.91. The van der Waals surface area contributed by atoms with E-state index in [9.17, 15) is 4.79 Å². The number of hydrogen-bond acceptors (Lipinski definition) is 7. The molecule has 3 aromatic rings. The van der Waals surface area contributed by atoms with Gasteiger partial charge in [0.05, 0.1) is 17.5 Å². The van der Waals surface area contributed by atoms with Gasteiger partial charge in [0.25, 0.3) is 0 Å². The molecule has 0 saturated carbocycles. The van der Waals surface area contributed by atoms with Gasteiger partial charge in [0, 0.05) is 6.20 Å². The van der Waals surface area contributed by atoms with Gasteiger partial charge in [0.2, 0.25) is 0 Å². The molecule has 0 saturated heterocycles. The van der Waals surface area contributed by atoms with E-state index in [1.54, 1.807) is 18.3 Å². The largest absolute Gasteiger partial charge is 0.465 e. The molecule has 3 rings (SSSR count). The van der Waals surface area contributed by atoms with Crippen molar-refractivity contribution in [1.82, 2.24) is 15.0 Å². The van der Waals surface area contributed by atoms with Crippen LogP contribution in [0.4, 0.5) is 11.6 Å². The summed E-state index contributed by atoms with van der Waals surface area (Å²) in [6.07, 6.45) is 2.99. The number of ether oxygens (including phenoxy) is 1. The minimum atomic E-state index is -0.379. The fourth-order valence-electron chi connectivity index (χ4n) is 2.02. The van der Waals surface area contributed by atoms with Crippen LogP contribution in [0.1, 0.15) is 15.2 Å². The van der Waals surface area contributed by atoms with Crippen molar-refractivity contribution in [1.29, 1.82) is 0 Å². The predicted molar refractivity (Wildman–Crippen MR) is 86.0 cm³/mol. The van der Waals surface area contributed by atoms with Crippen molar-refractivity contribution in [3.63, 3.8) is 0 Å². The number of thiophene rings is 1. The lowest BCUT2D eigenvalue weighted by atomic mass is 10.2. The van der Waals surface area contributed by atoms with Gasteiger partial charge in [-0.3, -0.25) is 0 Å². The van der Waals surface area contributed by atoms with Gasteiger partial charge in [-0.1, -0.05) is 11.6 Å². The topological polar surface area (TPSA) is 77.0 Å². The molecular formula is C14H11ClN4O2S. The Morgan fingerprint density at radius 1 is 1.32 bits per heavy atom. The molecule has 8 heteroatoms. The van der Waals surface area contributed by atoms with Crippen molar-refractivity contribution >= 4 is 50.8 Å². The number of fused-ring (bicyclic) bond motifs is 1. The SMILES string of the molecule is COC(=O)c1sc2ncnc(Nc3ccc(Cl)cn3)c2c1C. The van der Waals surface area contributed by atoms with Gasteiger partial charge < -0.3 is 10.1 Å². The number of anilines is 2. The summed E-state index contributed by atoms with van der Waals surface area (Å²) in [5.74, 6) is 0.814. The lowest BCUT2D eigenvalue weighted by molar-refractivity contribution is 0.0605. The van der Waals surface area contributed by atoms with E-state index >= 15 is 0 Å². The van der Waals surface area contributed by atoms with Crippen molar-refractivity contribution in [3.05, 3.63) is 40.1 Å². The first-order valence-electron chi connectivity index (χ1n) is 6.31. The van der Waals surface area contributed by atoms with Crippen LogP contribution in [0.2, 0.25) is 5.02 Å². The van der Waals surface area contributed by atoms with Crippen LogP contribution in [-0.2, 0) is 4.74 Å². The highest BCUT2D eigenvalue weighted by atomic mass is 35.5. The number of aromatic nitrogens is 3. The van der Waals surface area contributed by atoms with E-state index in [1.807, 2.05) is 6.92 Å². The van der Waals surface area contributed by atoms with Crippen molar-refractivity contribution in [3.8, 4) is 0 Å². The number of aryl methyl sites for hydroxylation is 1. The molecule has 0 aromatic carbocycles. The maximum atomic E-state index is 11.8. The van der Waals surface area contributed by atoms with Crippen molar-refractivity contribution < 1.29 is 9.53 Å². The van der Waals surface area contributed by atoms with Gasteiger partial charge in [-0.05, 0) is 24.6 Å². The molecule has 0 aliphatic carbocycles. The van der Waals surface area contributed by atoms with Crippen molar-refractivity contribution in [2.75, 3.05) is 12.4 Å². The monoisotopic (exact) mass is 334 g/mol. The Labute approximate surface area is 135 Å². The van der Waals surface area contributed by atoms with E-state index in [4.69, 9.17) is 16.3 Å². The van der Waals surface area contributed by atoms with Crippen LogP contribution in [0.25, 0.3) is 10.2 Å². The molecule has 0 unspecified atom stereocenters. The molecule has 6 nitrogen and oxygen atoms in total. The molecule has 112 valence electrons. The van der Waals surface area contributed by atoms with Crippen LogP contribution in [-0.4, -0.2) is 28.0 Å². The first kappa shape index (κ1) is 14.7. The van der Waals surface area contributed by atoms with Crippen LogP contribution in [0.15, 0.2) is 24.7 Å². The number of nitrogens with zero attached hydrogens (tertiary/aromatic N) is 3. The second-order valence-electron chi connectivity index (χ2n) is 4.44. The summed E-state index contributed by atoms with van der Waals surface area (Å²) in [5.41, 5.74) is 0.781. The highest BCUT2D eigenvalue weighted by Gasteiger charge is 2.19. The Morgan fingerprint density at radius 2 is 2.14 bits per heavy atom. The van der Waals surface area contributed by atoms with Gasteiger partial charge >= 0.3 is 5.97 Å². The van der Waals surface area contributed by atoms with Gasteiger partial charge in [-0.15, -0.1) is 11.3 Å². The molecule has 0 amide bonds. The number of pyridine rings is 1. The third-order valence-corrected chi connectivity index (χ3v) is 4.47. The number of halogens is 1. The lowest BCUT2D eigenvalue weighted by Crippen LogP contribution is -2.00. The van der Waals surface area contributed by atoms with E-state index in [2.05, 4.69) is 20.3 Å². The minimum Gasteiger partial charge on any atom is -0.465 e. The third kappa shape index (κ3) is 2.60. The molecule has 0 bridgehead atoms. The summed E-state index contributed by atoms with van der Waals surface area (Å²) >= 11 is 7.10. The summed E-state index contributed by atoms with van der Waals surface area (Å²) in [6, 6.07) is 3.48. The second kappa shape index (κ2) is 5.86. The fraction of sp³-hybridized carbons (Fsp3) is 0.143. The summed E-state index contributed by atoms with van der Waals surface area (Å²) in [5, 5.41) is 4.45. The van der Waals surface area contributed by atoms with E-state index in [0.29, 0.717) is 26.4 Å². The second-order valence-corrected chi connectivity index (χ2v) is 5.87. The Balaban J connectivity index is 2.08. The first-order chi connectivity index (χ1) is 10.6. The number of nitrogens with one attached hydrogen (secondary N) is 1. The van der Waals surface area contributed by atoms with Crippen LogP contribution in [0.5, 0.6) is 0 Å². The average molecular weight is 335 g/mol. The predicted octanol–water partition coefficient (Wildman–Crippen LogP) is 3.58. The van der Waals surface area contributed by atoms with Crippen molar-refractivity contribution in [2.24, 2.45) is 0 Å². The number of rotatable bonds is 3. The zero-order valence-electron chi connectivity index (χ0n) is 11.8. The zero-order chi connectivity index (χ0) is 15.7. The summed E-state index contributed by atoms with van der Waals surface area (Å²) in [4.78, 5) is 25.7. The minimum absolute atomic E-state index is 0.379. The highest BCUT2D eigenvalue weighted by Crippen LogP contribution is 2.34. The summed E-state index contributed by atoms with van der Waals surface area (Å²) in [7, 11) is 1.36. The quantitative estimate of drug-likeness (QED) is 0.738. The Morgan fingerprint density at radius 3 is 2.82 bits per heavy atom. The molecule has 0 fully saturated rings. The zero-order valence-corrected chi connectivity index (χ0v) is 13.3. The maximum Gasteiger partial charge on any atom is 0.348 e. The number of hydrogen-bond donors (Lipinski definition) is 1. The molecule has 3 aromatic heterocycles. The Bertz CT molecular complexity index is 848. The third-order valence-electron chi connectivity index (χ3n) is 3.07. The van der Waals surface area contributed by atoms with Crippen LogP contribution in [0.3, 0.4) is 0 Å². The average Bonchev–Trinajstić information content (AvgIpc) is 2.87. The van der Waals surface area contributed by atoms with Gasteiger partial charge in [0.15, 0.2) is 0 Å². The Hall–Kier alpha value is -2.25. The van der Waals surface area contributed by atoms with E-state index < -0.39 is 0 Å².